The molecule has 0 aromatic heterocycles. The molecular weight excluding hydrogens is 244 g/mol. The predicted octanol–water partition coefficient (Wildman–Crippen LogP) is 3.40. The third kappa shape index (κ3) is 2.58. The first-order valence-corrected chi connectivity index (χ1v) is 7.58. The Morgan fingerprint density at radius 1 is 1.10 bits per heavy atom. The summed E-state index contributed by atoms with van der Waals surface area (Å²) in [6.45, 7) is 2.95. The molecule has 2 aromatic rings. The third-order valence-corrected chi connectivity index (χ3v) is 4.77. The second-order valence-corrected chi connectivity index (χ2v) is 6.37. The molecule has 0 spiro atoms. The maximum Gasteiger partial charge on any atom is 0.0237 e. The smallest absolute Gasteiger partial charge is 0.0237 e. The molecular formula is C18H24N2. The zero-order valence-electron chi connectivity index (χ0n) is 12.3. The number of nitrogens with zero attached hydrogens (tertiary/aromatic N) is 1. The molecule has 0 bridgehead atoms. The van der Waals surface area contributed by atoms with Gasteiger partial charge in [0, 0.05) is 13.1 Å². The van der Waals surface area contributed by atoms with Crippen LogP contribution >= 0.6 is 0 Å². The molecule has 0 unspecified atom stereocenters. The quantitative estimate of drug-likeness (QED) is 0.900. The van der Waals surface area contributed by atoms with Gasteiger partial charge in [-0.2, -0.15) is 0 Å². The lowest BCUT2D eigenvalue weighted by Crippen LogP contribution is -2.45. The van der Waals surface area contributed by atoms with Gasteiger partial charge in [0.05, 0.1) is 0 Å². The van der Waals surface area contributed by atoms with Crippen molar-refractivity contribution >= 4 is 10.8 Å². The van der Waals surface area contributed by atoms with Gasteiger partial charge in [0.15, 0.2) is 0 Å². The van der Waals surface area contributed by atoms with Gasteiger partial charge < -0.3 is 10.6 Å². The number of nitrogens with two attached hydrogens (primary N) is 1. The summed E-state index contributed by atoms with van der Waals surface area (Å²) in [5, 5.41) is 2.70. The Morgan fingerprint density at radius 3 is 2.55 bits per heavy atom. The second kappa shape index (κ2) is 5.55. The minimum absolute atomic E-state index is 0.388. The van der Waals surface area contributed by atoms with E-state index in [0.717, 1.165) is 19.6 Å². The number of hydrogen-bond acceptors (Lipinski definition) is 2. The van der Waals surface area contributed by atoms with E-state index in [4.69, 9.17) is 5.73 Å². The van der Waals surface area contributed by atoms with Crippen molar-refractivity contribution in [2.24, 2.45) is 11.1 Å². The number of rotatable bonds is 5. The Labute approximate surface area is 121 Å². The van der Waals surface area contributed by atoms with Crippen LogP contribution in [0.3, 0.4) is 0 Å². The molecule has 0 aliphatic heterocycles. The Kier molecular flexibility index (Phi) is 3.77. The lowest BCUT2D eigenvalue weighted by molar-refractivity contribution is 0.0847. The summed E-state index contributed by atoms with van der Waals surface area (Å²) < 4.78 is 0. The average molecular weight is 268 g/mol. The van der Waals surface area contributed by atoms with Crippen LogP contribution in [0.2, 0.25) is 0 Å². The fourth-order valence-electron chi connectivity index (χ4n) is 3.45. The first kappa shape index (κ1) is 13.6. The highest BCUT2D eigenvalue weighted by Gasteiger charge is 2.36. The molecule has 1 fully saturated rings. The van der Waals surface area contributed by atoms with Crippen molar-refractivity contribution in [2.75, 3.05) is 20.1 Å². The van der Waals surface area contributed by atoms with Gasteiger partial charge >= 0.3 is 0 Å². The molecule has 0 atom stereocenters. The number of hydrogen-bond donors (Lipinski definition) is 1. The molecule has 2 aromatic carbocycles. The summed E-state index contributed by atoms with van der Waals surface area (Å²) in [5.41, 5.74) is 7.78. The van der Waals surface area contributed by atoms with Gasteiger partial charge in [-0.3, -0.25) is 0 Å². The molecule has 20 heavy (non-hydrogen) atoms. The monoisotopic (exact) mass is 268 g/mol. The second-order valence-electron chi connectivity index (χ2n) is 6.37. The molecule has 2 nitrogen and oxygen atoms in total. The number of benzene rings is 2. The van der Waals surface area contributed by atoms with E-state index in [0.29, 0.717) is 5.41 Å². The topological polar surface area (TPSA) is 29.3 Å². The normalized spacial score (nSPS) is 17.4. The third-order valence-electron chi connectivity index (χ3n) is 4.77. The molecule has 2 heteroatoms. The summed E-state index contributed by atoms with van der Waals surface area (Å²) in [5.74, 6) is 0. The highest BCUT2D eigenvalue weighted by molar-refractivity contribution is 5.85. The molecule has 1 aliphatic rings. The minimum atomic E-state index is 0.388. The summed E-state index contributed by atoms with van der Waals surface area (Å²) >= 11 is 0. The SMILES string of the molecule is CN(Cc1cccc2ccccc12)CC1(CN)CCC1. The van der Waals surface area contributed by atoms with Gasteiger partial charge in [-0.25, -0.2) is 0 Å². The number of fused-ring (bicyclic) bond motifs is 1. The molecule has 2 N–H and O–H groups in total. The van der Waals surface area contributed by atoms with Crippen LogP contribution in [0.15, 0.2) is 42.5 Å². The Bertz CT molecular complexity index is 576. The molecule has 0 amide bonds. The fourth-order valence-corrected chi connectivity index (χ4v) is 3.45. The zero-order chi connectivity index (χ0) is 14.0. The maximum absolute atomic E-state index is 5.97. The first-order chi connectivity index (χ1) is 9.72. The first-order valence-electron chi connectivity index (χ1n) is 7.58. The molecule has 1 aliphatic carbocycles. The lowest BCUT2D eigenvalue weighted by atomic mass is 9.68. The van der Waals surface area contributed by atoms with Gasteiger partial charge in [-0.15, -0.1) is 0 Å². The van der Waals surface area contributed by atoms with Crippen molar-refractivity contribution in [3.8, 4) is 0 Å². The summed E-state index contributed by atoms with van der Waals surface area (Å²) in [7, 11) is 2.22. The van der Waals surface area contributed by atoms with Crippen LogP contribution in [0.1, 0.15) is 24.8 Å². The van der Waals surface area contributed by atoms with Crippen molar-refractivity contribution < 1.29 is 0 Å². The highest BCUT2D eigenvalue weighted by Crippen LogP contribution is 2.40. The molecule has 106 valence electrons. The van der Waals surface area contributed by atoms with Crippen LogP contribution < -0.4 is 5.73 Å². The molecule has 0 heterocycles. The lowest BCUT2D eigenvalue weighted by Gasteiger charge is -2.43. The van der Waals surface area contributed by atoms with E-state index in [2.05, 4.69) is 54.4 Å². The van der Waals surface area contributed by atoms with E-state index in [1.807, 2.05) is 0 Å². The van der Waals surface area contributed by atoms with Crippen LogP contribution in [0.5, 0.6) is 0 Å². The van der Waals surface area contributed by atoms with E-state index in [1.54, 1.807) is 0 Å². The Balaban J connectivity index is 1.76. The van der Waals surface area contributed by atoms with Crippen molar-refractivity contribution in [3.63, 3.8) is 0 Å². The molecule has 3 rings (SSSR count). The van der Waals surface area contributed by atoms with Crippen LogP contribution in [0.25, 0.3) is 10.8 Å². The summed E-state index contributed by atoms with van der Waals surface area (Å²) in [6.07, 6.45) is 3.94. The van der Waals surface area contributed by atoms with E-state index < -0.39 is 0 Å². The van der Waals surface area contributed by atoms with Crippen molar-refractivity contribution in [2.45, 2.75) is 25.8 Å². The van der Waals surface area contributed by atoms with Gasteiger partial charge in [0.1, 0.15) is 0 Å². The van der Waals surface area contributed by atoms with Gasteiger partial charge in [0.2, 0.25) is 0 Å². The van der Waals surface area contributed by atoms with Gasteiger partial charge in [-0.1, -0.05) is 48.9 Å². The van der Waals surface area contributed by atoms with Crippen LogP contribution in [-0.4, -0.2) is 25.0 Å². The molecule has 0 saturated heterocycles. The minimum Gasteiger partial charge on any atom is -0.330 e. The van der Waals surface area contributed by atoms with E-state index >= 15 is 0 Å². The van der Waals surface area contributed by atoms with E-state index in [1.165, 1.54) is 35.6 Å². The Morgan fingerprint density at radius 2 is 1.85 bits per heavy atom. The van der Waals surface area contributed by atoms with Gasteiger partial charge in [0.25, 0.3) is 0 Å². The van der Waals surface area contributed by atoms with Crippen LogP contribution in [-0.2, 0) is 6.54 Å². The van der Waals surface area contributed by atoms with E-state index in [-0.39, 0.29) is 0 Å². The Hall–Kier alpha value is -1.38. The van der Waals surface area contributed by atoms with Crippen molar-refractivity contribution in [1.82, 2.24) is 4.90 Å². The maximum atomic E-state index is 5.97. The molecule has 1 saturated carbocycles. The highest BCUT2D eigenvalue weighted by atomic mass is 15.1. The standard InChI is InChI=1S/C18H24N2/c1-20(14-18(13-19)10-5-11-18)12-16-8-4-7-15-6-2-3-9-17(15)16/h2-4,6-9H,5,10-14,19H2,1H3. The van der Waals surface area contributed by atoms with Crippen molar-refractivity contribution in [1.29, 1.82) is 0 Å². The van der Waals surface area contributed by atoms with Crippen molar-refractivity contribution in [3.05, 3.63) is 48.0 Å². The predicted molar refractivity (Wildman–Crippen MR) is 85.6 cm³/mol. The zero-order valence-corrected chi connectivity index (χ0v) is 12.3. The fraction of sp³-hybridized carbons (Fsp3) is 0.444. The summed E-state index contributed by atoms with van der Waals surface area (Å²) in [4.78, 5) is 2.44. The largest absolute Gasteiger partial charge is 0.330 e. The van der Waals surface area contributed by atoms with E-state index in [9.17, 15) is 0 Å². The van der Waals surface area contributed by atoms with Gasteiger partial charge in [-0.05, 0) is 48.2 Å². The molecule has 0 radical (unpaired) electrons. The van der Waals surface area contributed by atoms with Crippen LogP contribution in [0.4, 0.5) is 0 Å². The average Bonchev–Trinajstić information content (AvgIpc) is 2.43. The van der Waals surface area contributed by atoms with Crippen LogP contribution in [0, 0.1) is 5.41 Å². The summed E-state index contributed by atoms with van der Waals surface area (Å²) in [6, 6.07) is 15.2.